The number of anilines is 1. The van der Waals surface area contributed by atoms with Crippen LogP contribution in [0.4, 0.5) is 5.69 Å². The number of amides is 1. The molecule has 1 heterocycles. The van der Waals surface area contributed by atoms with Crippen molar-refractivity contribution in [3.63, 3.8) is 0 Å². The van der Waals surface area contributed by atoms with E-state index in [1.807, 2.05) is 48.7 Å². The number of pyridine rings is 1. The van der Waals surface area contributed by atoms with Gasteiger partial charge in [-0.3, -0.25) is 9.59 Å². The number of rotatable bonds is 6. The predicted octanol–water partition coefficient (Wildman–Crippen LogP) is 3.57. The van der Waals surface area contributed by atoms with Crippen molar-refractivity contribution in [2.75, 3.05) is 11.6 Å². The number of para-hydroxylation sites is 1. The summed E-state index contributed by atoms with van der Waals surface area (Å²) >= 11 is 1.59. The van der Waals surface area contributed by atoms with Gasteiger partial charge in [-0.15, -0.1) is 11.8 Å². The second-order valence-corrected chi connectivity index (χ2v) is 6.55. The third kappa shape index (κ3) is 4.37. The monoisotopic (exact) mass is 363 g/mol. The molecule has 1 N–H and O–H groups in total. The first-order chi connectivity index (χ1) is 12.7. The van der Waals surface area contributed by atoms with Gasteiger partial charge in [-0.25, -0.2) is 0 Å². The van der Waals surface area contributed by atoms with E-state index < -0.39 is 0 Å². The zero-order valence-corrected chi connectivity index (χ0v) is 15.2. The number of nitrogens with zero attached hydrogens (tertiary/aromatic N) is 1. The van der Waals surface area contributed by atoms with E-state index in [-0.39, 0.29) is 18.2 Å². The van der Waals surface area contributed by atoms with Crippen LogP contribution in [0.15, 0.2) is 84.0 Å². The lowest BCUT2D eigenvalue weighted by atomic mass is 10.0. The highest BCUT2D eigenvalue weighted by atomic mass is 32.2. The quantitative estimate of drug-likeness (QED) is 0.414. The SMILES string of the molecule is CSc1ccccc1NC(=O)C[n+]1ccc(C(=O)c2ccccc2)cc1. The topological polar surface area (TPSA) is 50.1 Å². The summed E-state index contributed by atoms with van der Waals surface area (Å²) in [4.78, 5) is 25.7. The molecule has 0 saturated carbocycles. The molecule has 0 radical (unpaired) electrons. The summed E-state index contributed by atoms with van der Waals surface area (Å²) in [5.41, 5.74) is 2.05. The van der Waals surface area contributed by atoms with Crippen molar-refractivity contribution in [2.24, 2.45) is 0 Å². The van der Waals surface area contributed by atoms with Gasteiger partial charge in [0.15, 0.2) is 18.2 Å². The fourth-order valence-electron chi connectivity index (χ4n) is 2.57. The van der Waals surface area contributed by atoms with Crippen LogP contribution in [0.5, 0.6) is 0 Å². The fraction of sp³-hybridized carbons (Fsp3) is 0.0952. The van der Waals surface area contributed by atoms with Crippen LogP contribution in [0.3, 0.4) is 0 Å². The van der Waals surface area contributed by atoms with Crippen molar-refractivity contribution in [1.29, 1.82) is 0 Å². The van der Waals surface area contributed by atoms with Crippen molar-refractivity contribution in [2.45, 2.75) is 11.4 Å². The number of carbonyl (C=O) groups excluding carboxylic acids is 2. The maximum Gasteiger partial charge on any atom is 0.290 e. The Kier molecular flexibility index (Phi) is 5.81. The van der Waals surface area contributed by atoms with E-state index in [1.165, 1.54) is 0 Å². The highest BCUT2D eigenvalue weighted by Gasteiger charge is 2.14. The predicted molar refractivity (Wildman–Crippen MR) is 103 cm³/mol. The minimum atomic E-state index is -0.112. The van der Waals surface area contributed by atoms with E-state index in [0.717, 1.165) is 10.6 Å². The Labute approximate surface area is 156 Å². The molecule has 1 aromatic heterocycles. The summed E-state index contributed by atoms with van der Waals surface area (Å²) in [6.07, 6.45) is 5.47. The van der Waals surface area contributed by atoms with Gasteiger partial charge in [0.05, 0.1) is 5.69 Å². The lowest BCUT2D eigenvalue weighted by Gasteiger charge is -2.07. The van der Waals surface area contributed by atoms with E-state index >= 15 is 0 Å². The molecule has 5 heteroatoms. The number of hydrogen-bond acceptors (Lipinski definition) is 3. The molecule has 0 fully saturated rings. The van der Waals surface area contributed by atoms with Crippen LogP contribution in [0.25, 0.3) is 0 Å². The molecule has 26 heavy (non-hydrogen) atoms. The molecule has 0 atom stereocenters. The molecular formula is C21H19N2O2S+. The molecule has 0 aliphatic rings. The summed E-state index contributed by atoms with van der Waals surface area (Å²) in [5.74, 6) is -0.144. The normalized spacial score (nSPS) is 10.3. The summed E-state index contributed by atoms with van der Waals surface area (Å²) in [6.45, 7) is 0.183. The molecule has 3 aromatic rings. The Morgan fingerprint density at radius 1 is 0.885 bits per heavy atom. The largest absolute Gasteiger partial charge is 0.320 e. The summed E-state index contributed by atoms with van der Waals surface area (Å²) < 4.78 is 1.75. The second kappa shape index (κ2) is 8.45. The average molecular weight is 363 g/mol. The fourth-order valence-corrected chi connectivity index (χ4v) is 3.13. The number of carbonyl (C=O) groups is 2. The number of aromatic nitrogens is 1. The Hall–Kier alpha value is -2.92. The van der Waals surface area contributed by atoms with Crippen molar-refractivity contribution in [3.8, 4) is 0 Å². The molecule has 0 unspecified atom stereocenters. The second-order valence-electron chi connectivity index (χ2n) is 5.70. The maximum absolute atomic E-state index is 12.4. The highest BCUT2D eigenvalue weighted by molar-refractivity contribution is 7.98. The molecule has 130 valence electrons. The number of nitrogens with one attached hydrogen (secondary N) is 1. The van der Waals surface area contributed by atoms with Gasteiger partial charge in [0.1, 0.15) is 0 Å². The van der Waals surface area contributed by atoms with Crippen molar-refractivity contribution in [3.05, 3.63) is 90.3 Å². The van der Waals surface area contributed by atoms with Crippen molar-refractivity contribution >= 4 is 29.1 Å². The van der Waals surface area contributed by atoms with Gasteiger partial charge in [0.25, 0.3) is 5.91 Å². The van der Waals surface area contributed by atoms with Gasteiger partial charge >= 0.3 is 0 Å². The number of hydrogen-bond donors (Lipinski definition) is 1. The summed E-state index contributed by atoms with van der Waals surface area (Å²) in [6, 6.07) is 20.3. The minimum Gasteiger partial charge on any atom is -0.320 e. The molecule has 0 aliphatic heterocycles. The molecule has 0 spiro atoms. The van der Waals surface area contributed by atoms with Crippen LogP contribution in [0.1, 0.15) is 15.9 Å². The average Bonchev–Trinajstić information content (AvgIpc) is 2.69. The Morgan fingerprint density at radius 3 is 2.19 bits per heavy atom. The van der Waals surface area contributed by atoms with Crippen LogP contribution in [-0.4, -0.2) is 17.9 Å². The Morgan fingerprint density at radius 2 is 1.50 bits per heavy atom. The van der Waals surface area contributed by atoms with Gasteiger partial charge in [-0.1, -0.05) is 42.5 Å². The molecule has 1 amide bonds. The first-order valence-corrected chi connectivity index (χ1v) is 9.41. The standard InChI is InChI=1S/C21H18N2O2S/c1-26-19-10-6-5-9-18(19)22-20(24)15-23-13-11-17(12-14-23)21(25)16-7-3-2-4-8-16/h2-14H,15H2,1H3/p+1. The molecule has 0 bridgehead atoms. The molecule has 2 aromatic carbocycles. The van der Waals surface area contributed by atoms with E-state index in [4.69, 9.17) is 0 Å². The first-order valence-electron chi connectivity index (χ1n) is 8.19. The van der Waals surface area contributed by atoms with Crippen molar-refractivity contribution in [1.82, 2.24) is 0 Å². The third-order valence-corrected chi connectivity index (χ3v) is 4.69. The van der Waals surface area contributed by atoms with E-state index in [2.05, 4.69) is 5.32 Å². The van der Waals surface area contributed by atoms with Crippen LogP contribution in [0.2, 0.25) is 0 Å². The Balaban J connectivity index is 1.66. The van der Waals surface area contributed by atoms with Gasteiger partial charge < -0.3 is 5.32 Å². The van der Waals surface area contributed by atoms with Crippen LogP contribution in [0, 0.1) is 0 Å². The van der Waals surface area contributed by atoms with Gasteiger partial charge in [0, 0.05) is 28.2 Å². The molecule has 3 rings (SSSR count). The van der Waals surface area contributed by atoms with E-state index in [0.29, 0.717) is 11.1 Å². The van der Waals surface area contributed by atoms with Gasteiger partial charge in [0.2, 0.25) is 6.54 Å². The lowest BCUT2D eigenvalue weighted by Crippen LogP contribution is -2.39. The number of thioether (sulfide) groups is 1. The van der Waals surface area contributed by atoms with Crippen molar-refractivity contribution < 1.29 is 14.2 Å². The van der Waals surface area contributed by atoms with Crippen LogP contribution < -0.4 is 9.88 Å². The molecule has 0 saturated heterocycles. The number of benzene rings is 2. The minimum absolute atomic E-state index is 0.0314. The molecule has 0 aliphatic carbocycles. The Bertz CT molecular complexity index is 909. The zero-order chi connectivity index (χ0) is 18.4. The van der Waals surface area contributed by atoms with E-state index in [9.17, 15) is 9.59 Å². The van der Waals surface area contributed by atoms with Gasteiger partial charge in [-0.05, 0) is 18.4 Å². The summed E-state index contributed by atoms with van der Waals surface area (Å²) in [7, 11) is 0. The molecule has 4 nitrogen and oxygen atoms in total. The summed E-state index contributed by atoms with van der Waals surface area (Å²) in [5, 5.41) is 2.93. The number of ketones is 1. The van der Waals surface area contributed by atoms with E-state index in [1.54, 1.807) is 53.0 Å². The lowest BCUT2D eigenvalue weighted by molar-refractivity contribution is -0.684. The highest BCUT2D eigenvalue weighted by Crippen LogP contribution is 2.24. The zero-order valence-electron chi connectivity index (χ0n) is 14.4. The van der Waals surface area contributed by atoms with Crippen LogP contribution in [-0.2, 0) is 11.3 Å². The third-order valence-electron chi connectivity index (χ3n) is 3.90. The maximum atomic E-state index is 12.4. The smallest absolute Gasteiger partial charge is 0.290 e. The first kappa shape index (κ1) is 17.9. The van der Waals surface area contributed by atoms with Crippen LogP contribution >= 0.6 is 11.8 Å². The molecular weight excluding hydrogens is 344 g/mol. The van der Waals surface area contributed by atoms with Gasteiger partial charge in [-0.2, -0.15) is 4.57 Å².